The minimum atomic E-state index is -5.90. The summed E-state index contributed by atoms with van der Waals surface area (Å²) in [7, 11) is 3.05. The molecule has 4 nitrogen and oxygen atoms in total. The van der Waals surface area contributed by atoms with Crippen molar-refractivity contribution >= 4 is 11.8 Å². The van der Waals surface area contributed by atoms with Gasteiger partial charge in [-0.1, -0.05) is 0 Å². The molecule has 0 aromatic carbocycles. The van der Waals surface area contributed by atoms with Gasteiger partial charge >= 0.3 is 18.0 Å². The molecule has 9 heteroatoms. The summed E-state index contributed by atoms with van der Waals surface area (Å²) in [5.74, 6) is -8.31. The highest BCUT2D eigenvalue weighted by atomic mass is 19.4. The van der Waals surface area contributed by atoms with Crippen molar-refractivity contribution in [2.75, 3.05) is 27.2 Å². The summed E-state index contributed by atoms with van der Waals surface area (Å²) in [6.45, 7) is -0.566. The van der Waals surface area contributed by atoms with Gasteiger partial charge in [-0.05, 0) is 12.8 Å². The Hall–Kier alpha value is -1.41. The lowest BCUT2D eigenvalue weighted by molar-refractivity contribution is -0.274. The molecule has 0 radical (unpaired) electrons. The molecule has 1 heterocycles. The molecular formula is C11H15F5N2O2. The average molecular weight is 302 g/mol. The van der Waals surface area contributed by atoms with Gasteiger partial charge in [0.2, 0.25) is 5.91 Å². The van der Waals surface area contributed by atoms with E-state index in [-0.39, 0.29) is 31.8 Å². The smallest absolute Gasteiger partial charge is 0.349 e. The van der Waals surface area contributed by atoms with E-state index in [0.717, 1.165) is 0 Å². The van der Waals surface area contributed by atoms with E-state index in [1.807, 2.05) is 0 Å². The SMILES string of the molecule is CN(C)C(=O)C1CCN(C(=O)C(F)(F)C(F)(F)F)CC1. The second kappa shape index (κ2) is 5.53. The van der Waals surface area contributed by atoms with E-state index < -0.39 is 23.9 Å². The quantitative estimate of drug-likeness (QED) is 0.726. The molecule has 0 spiro atoms. The number of alkyl halides is 5. The summed E-state index contributed by atoms with van der Waals surface area (Å²) in [6.07, 6.45) is -5.74. The lowest BCUT2D eigenvalue weighted by Gasteiger charge is -2.34. The first-order valence-corrected chi connectivity index (χ1v) is 5.93. The van der Waals surface area contributed by atoms with Crippen molar-refractivity contribution in [3.05, 3.63) is 0 Å². The lowest BCUT2D eigenvalue weighted by Crippen LogP contribution is -2.54. The molecule has 0 saturated carbocycles. The number of piperidine rings is 1. The van der Waals surface area contributed by atoms with Gasteiger partial charge in [0.15, 0.2) is 0 Å². The number of carbonyl (C=O) groups excluding carboxylic acids is 2. The lowest BCUT2D eigenvalue weighted by atomic mass is 9.95. The van der Waals surface area contributed by atoms with Gasteiger partial charge in [0.1, 0.15) is 0 Å². The van der Waals surface area contributed by atoms with Gasteiger partial charge < -0.3 is 9.80 Å². The summed E-state index contributed by atoms with van der Waals surface area (Å²) in [6, 6.07) is 0. The first-order valence-electron chi connectivity index (χ1n) is 5.93. The third kappa shape index (κ3) is 3.18. The zero-order valence-corrected chi connectivity index (χ0v) is 11.0. The molecule has 20 heavy (non-hydrogen) atoms. The van der Waals surface area contributed by atoms with Crippen LogP contribution in [-0.4, -0.2) is 60.9 Å². The molecule has 116 valence electrons. The van der Waals surface area contributed by atoms with Gasteiger partial charge in [-0.15, -0.1) is 0 Å². The summed E-state index contributed by atoms with van der Waals surface area (Å²) in [5.41, 5.74) is 0. The van der Waals surface area contributed by atoms with Gasteiger partial charge in [0.05, 0.1) is 0 Å². The Balaban J connectivity index is 2.67. The summed E-state index contributed by atoms with van der Waals surface area (Å²) < 4.78 is 62.1. The molecule has 1 rings (SSSR count). The third-order valence-electron chi connectivity index (χ3n) is 3.20. The average Bonchev–Trinajstić information content (AvgIpc) is 2.35. The van der Waals surface area contributed by atoms with E-state index in [2.05, 4.69) is 0 Å². The fourth-order valence-corrected chi connectivity index (χ4v) is 2.01. The van der Waals surface area contributed by atoms with Gasteiger partial charge in [-0.2, -0.15) is 22.0 Å². The highest BCUT2D eigenvalue weighted by Gasteiger charge is 2.64. The molecule has 0 aromatic rings. The molecule has 0 N–H and O–H groups in total. The van der Waals surface area contributed by atoms with Crippen LogP contribution in [0.25, 0.3) is 0 Å². The zero-order valence-electron chi connectivity index (χ0n) is 11.0. The summed E-state index contributed by atoms with van der Waals surface area (Å²) >= 11 is 0. The van der Waals surface area contributed by atoms with Gasteiger partial charge in [-0.3, -0.25) is 9.59 Å². The van der Waals surface area contributed by atoms with Crippen LogP contribution in [0.1, 0.15) is 12.8 Å². The molecule has 0 unspecified atom stereocenters. The first kappa shape index (κ1) is 16.6. The number of hydrogen-bond donors (Lipinski definition) is 0. The van der Waals surface area contributed by atoms with Crippen LogP contribution in [-0.2, 0) is 9.59 Å². The minimum Gasteiger partial charge on any atom is -0.349 e. The van der Waals surface area contributed by atoms with E-state index in [4.69, 9.17) is 0 Å². The maximum atomic E-state index is 12.9. The predicted molar refractivity (Wildman–Crippen MR) is 59.0 cm³/mol. The van der Waals surface area contributed by atoms with Gasteiger partial charge in [-0.25, -0.2) is 0 Å². The van der Waals surface area contributed by atoms with Crippen LogP contribution in [0.4, 0.5) is 22.0 Å². The van der Waals surface area contributed by atoms with Crippen molar-refractivity contribution < 1.29 is 31.5 Å². The Morgan fingerprint density at radius 2 is 1.50 bits per heavy atom. The van der Waals surface area contributed by atoms with Gasteiger partial charge in [0.25, 0.3) is 0 Å². The van der Waals surface area contributed by atoms with Crippen LogP contribution in [0, 0.1) is 5.92 Å². The molecule has 0 aromatic heterocycles. The molecule has 1 saturated heterocycles. The van der Waals surface area contributed by atoms with Gasteiger partial charge in [0, 0.05) is 33.1 Å². The Morgan fingerprint density at radius 1 is 1.05 bits per heavy atom. The number of hydrogen-bond acceptors (Lipinski definition) is 2. The molecule has 1 aliphatic heterocycles. The molecule has 1 fully saturated rings. The number of likely N-dealkylation sites (tertiary alicyclic amines) is 1. The first-order chi connectivity index (χ1) is 8.98. The number of halogens is 5. The summed E-state index contributed by atoms with van der Waals surface area (Å²) in [5, 5.41) is 0. The van der Waals surface area contributed by atoms with E-state index in [9.17, 15) is 31.5 Å². The van der Waals surface area contributed by atoms with Crippen LogP contribution in [0.5, 0.6) is 0 Å². The number of nitrogens with zero attached hydrogens (tertiary/aromatic N) is 2. The van der Waals surface area contributed by atoms with E-state index in [1.165, 1.54) is 19.0 Å². The third-order valence-corrected chi connectivity index (χ3v) is 3.20. The molecule has 1 aliphatic rings. The van der Waals surface area contributed by atoms with E-state index >= 15 is 0 Å². The van der Waals surface area contributed by atoms with Crippen molar-refractivity contribution in [3.8, 4) is 0 Å². The largest absolute Gasteiger partial charge is 0.463 e. The second-order valence-corrected chi connectivity index (χ2v) is 4.87. The normalized spacial score (nSPS) is 18.1. The number of amides is 2. The number of carbonyl (C=O) groups is 2. The standard InChI is InChI=1S/C11H15F5N2O2/c1-17(2)8(19)7-3-5-18(6-4-7)9(20)10(12,13)11(14,15)16/h7H,3-6H2,1-2H3. The van der Waals surface area contributed by atoms with Crippen molar-refractivity contribution in [1.82, 2.24) is 9.80 Å². The topological polar surface area (TPSA) is 40.6 Å². The second-order valence-electron chi connectivity index (χ2n) is 4.87. The van der Waals surface area contributed by atoms with Crippen molar-refractivity contribution in [2.45, 2.75) is 24.9 Å². The Labute approximate surface area is 112 Å². The maximum Gasteiger partial charge on any atom is 0.463 e. The van der Waals surface area contributed by atoms with Crippen LogP contribution in [0.3, 0.4) is 0 Å². The molecule has 2 amide bonds. The minimum absolute atomic E-state index is 0.0801. The van der Waals surface area contributed by atoms with Crippen LogP contribution in [0.2, 0.25) is 0 Å². The highest BCUT2D eigenvalue weighted by Crippen LogP contribution is 2.37. The Morgan fingerprint density at radius 3 is 1.85 bits per heavy atom. The van der Waals surface area contributed by atoms with Crippen molar-refractivity contribution in [1.29, 1.82) is 0 Å². The molecule has 0 aliphatic carbocycles. The van der Waals surface area contributed by atoms with Crippen LogP contribution in [0.15, 0.2) is 0 Å². The monoisotopic (exact) mass is 302 g/mol. The van der Waals surface area contributed by atoms with E-state index in [0.29, 0.717) is 4.90 Å². The Bertz CT molecular complexity index is 387. The van der Waals surface area contributed by atoms with Crippen LogP contribution < -0.4 is 0 Å². The Kier molecular flexibility index (Phi) is 4.60. The molecule has 0 atom stereocenters. The van der Waals surface area contributed by atoms with Crippen molar-refractivity contribution in [3.63, 3.8) is 0 Å². The molecule has 0 bridgehead atoms. The maximum absolute atomic E-state index is 12.9. The number of rotatable bonds is 2. The fourth-order valence-electron chi connectivity index (χ4n) is 2.01. The van der Waals surface area contributed by atoms with E-state index in [1.54, 1.807) is 0 Å². The molecular weight excluding hydrogens is 287 g/mol. The highest BCUT2D eigenvalue weighted by molar-refractivity contribution is 5.85. The summed E-state index contributed by atoms with van der Waals surface area (Å²) in [4.78, 5) is 24.7. The fraction of sp³-hybridized carbons (Fsp3) is 0.818. The predicted octanol–water partition coefficient (Wildman–Crippen LogP) is 1.51. The van der Waals surface area contributed by atoms with Crippen LogP contribution >= 0.6 is 0 Å². The zero-order chi connectivity index (χ0) is 15.7. The van der Waals surface area contributed by atoms with Crippen molar-refractivity contribution in [2.24, 2.45) is 5.92 Å².